The van der Waals surface area contributed by atoms with Crippen LogP contribution in [0, 0.1) is 0 Å². The summed E-state index contributed by atoms with van der Waals surface area (Å²) in [6, 6.07) is 15.3. The fourth-order valence-electron chi connectivity index (χ4n) is 1.77. The highest BCUT2D eigenvalue weighted by Crippen LogP contribution is 2.26. The average molecular weight is 315 g/mol. The van der Waals surface area contributed by atoms with E-state index in [1.165, 1.54) is 6.20 Å². The number of ether oxygens (including phenoxy) is 2. The number of benzene rings is 2. The third kappa shape index (κ3) is 3.45. The first-order valence-electron chi connectivity index (χ1n) is 6.46. The van der Waals surface area contributed by atoms with Gasteiger partial charge in [0.2, 0.25) is 0 Å². The molecule has 22 heavy (non-hydrogen) atoms. The molecular formula is C16H11ClN2O3. The van der Waals surface area contributed by atoms with Crippen LogP contribution in [0.1, 0.15) is 10.5 Å². The van der Waals surface area contributed by atoms with Crippen molar-refractivity contribution < 1.29 is 14.3 Å². The molecule has 0 saturated heterocycles. The Bertz CT molecular complexity index is 770. The highest BCUT2D eigenvalue weighted by atomic mass is 35.5. The quantitative estimate of drug-likeness (QED) is 0.582. The highest BCUT2D eigenvalue weighted by molar-refractivity contribution is 6.30. The van der Waals surface area contributed by atoms with Gasteiger partial charge in [-0.15, -0.1) is 0 Å². The van der Waals surface area contributed by atoms with Gasteiger partial charge in [-0.2, -0.15) is 5.10 Å². The standard InChI is InChI=1S/C16H11ClN2O3/c17-11-2-1-3-14(10-11)21-12-4-6-13(7-5-12)22-16(20)15-8-9-18-19-15/h1-10H,(H,18,19). The minimum atomic E-state index is -0.499. The molecule has 0 aliphatic carbocycles. The Morgan fingerprint density at radius 2 is 1.77 bits per heavy atom. The molecule has 110 valence electrons. The zero-order valence-electron chi connectivity index (χ0n) is 11.3. The van der Waals surface area contributed by atoms with E-state index in [2.05, 4.69) is 10.2 Å². The Kier molecular flexibility index (Phi) is 4.07. The molecule has 0 spiro atoms. The molecule has 2 aromatic carbocycles. The van der Waals surface area contributed by atoms with Crippen LogP contribution < -0.4 is 9.47 Å². The molecule has 0 bridgehead atoms. The van der Waals surface area contributed by atoms with Gasteiger partial charge in [0.15, 0.2) is 0 Å². The average Bonchev–Trinajstić information content (AvgIpc) is 3.04. The van der Waals surface area contributed by atoms with Gasteiger partial charge in [0.05, 0.1) is 0 Å². The van der Waals surface area contributed by atoms with Crippen LogP contribution >= 0.6 is 11.6 Å². The van der Waals surface area contributed by atoms with E-state index in [0.717, 1.165) is 0 Å². The van der Waals surface area contributed by atoms with Crippen molar-refractivity contribution in [3.05, 3.63) is 71.5 Å². The lowest BCUT2D eigenvalue weighted by Crippen LogP contribution is -2.08. The number of carbonyl (C=O) groups excluding carboxylic acids is 1. The van der Waals surface area contributed by atoms with Gasteiger partial charge in [-0.25, -0.2) is 4.79 Å². The molecule has 0 saturated carbocycles. The SMILES string of the molecule is O=C(Oc1ccc(Oc2cccc(Cl)c2)cc1)c1ccn[nH]1. The van der Waals surface area contributed by atoms with E-state index in [0.29, 0.717) is 28.0 Å². The van der Waals surface area contributed by atoms with E-state index in [-0.39, 0.29) is 0 Å². The van der Waals surface area contributed by atoms with E-state index in [4.69, 9.17) is 21.1 Å². The predicted octanol–water partition coefficient (Wildman–Crippen LogP) is 4.07. The van der Waals surface area contributed by atoms with E-state index in [9.17, 15) is 4.79 Å². The van der Waals surface area contributed by atoms with Crippen LogP contribution in [-0.2, 0) is 0 Å². The van der Waals surface area contributed by atoms with Crippen LogP contribution in [0.3, 0.4) is 0 Å². The molecular weight excluding hydrogens is 304 g/mol. The minimum absolute atomic E-state index is 0.291. The smallest absolute Gasteiger partial charge is 0.361 e. The fraction of sp³-hybridized carbons (Fsp3) is 0. The maximum Gasteiger partial charge on any atom is 0.361 e. The summed E-state index contributed by atoms with van der Waals surface area (Å²) in [4.78, 5) is 11.7. The number of rotatable bonds is 4. The first-order valence-corrected chi connectivity index (χ1v) is 6.83. The largest absolute Gasteiger partial charge is 0.457 e. The lowest BCUT2D eigenvalue weighted by Gasteiger charge is -2.07. The fourth-order valence-corrected chi connectivity index (χ4v) is 1.95. The summed E-state index contributed by atoms with van der Waals surface area (Å²) in [5.74, 6) is 1.16. The van der Waals surface area contributed by atoms with Gasteiger partial charge < -0.3 is 9.47 Å². The monoisotopic (exact) mass is 314 g/mol. The Balaban J connectivity index is 1.66. The van der Waals surface area contributed by atoms with Gasteiger partial charge in [-0.3, -0.25) is 5.10 Å². The van der Waals surface area contributed by atoms with Crippen LogP contribution in [0.2, 0.25) is 5.02 Å². The van der Waals surface area contributed by atoms with Crippen LogP contribution in [-0.4, -0.2) is 16.2 Å². The van der Waals surface area contributed by atoms with Crippen molar-refractivity contribution in [1.29, 1.82) is 0 Å². The summed E-state index contributed by atoms with van der Waals surface area (Å²) in [6.45, 7) is 0. The zero-order chi connectivity index (χ0) is 15.4. The van der Waals surface area contributed by atoms with Crippen LogP contribution in [0.5, 0.6) is 17.2 Å². The number of aromatic amines is 1. The molecule has 0 unspecified atom stereocenters. The number of hydrogen-bond acceptors (Lipinski definition) is 4. The second kappa shape index (κ2) is 6.32. The molecule has 0 amide bonds. The number of carbonyl (C=O) groups is 1. The Labute approximate surface area is 131 Å². The number of aromatic nitrogens is 2. The summed E-state index contributed by atoms with van der Waals surface area (Å²) >= 11 is 5.90. The molecule has 3 aromatic rings. The van der Waals surface area contributed by atoms with Gasteiger partial charge in [0, 0.05) is 11.2 Å². The molecule has 0 fully saturated rings. The first-order chi connectivity index (χ1) is 10.7. The van der Waals surface area contributed by atoms with Crippen molar-refractivity contribution in [2.24, 2.45) is 0 Å². The van der Waals surface area contributed by atoms with Crippen molar-refractivity contribution in [2.75, 3.05) is 0 Å². The van der Waals surface area contributed by atoms with E-state index in [1.54, 1.807) is 54.6 Å². The normalized spacial score (nSPS) is 10.2. The Hall–Kier alpha value is -2.79. The second-order valence-corrected chi connectivity index (χ2v) is 4.83. The zero-order valence-corrected chi connectivity index (χ0v) is 12.1. The van der Waals surface area contributed by atoms with Gasteiger partial charge in [0.25, 0.3) is 0 Å². The van der Waals surface area contributed by atoms with Crippen LogP contribution in [0.15, 0.2) is 60.8 Å². The Morgan fingerprint density at radius 3 is 2.45 bits per heavy atom. The Morgan fingerprint density at radius 1 is 1.00 bits per heavy atom. The minimum Gasteiger partial charge on any atom is -0.457 e. The summed E-state index contributed by atoms with van der Waals surface area (Å²) in [6.07, 6.45) is 1.48. The van der Waals surface area contributed by atoms with Crippen molar-refractivity contribution in [2.45, 2.75) is 0 Å². The summed E-state index contributed by atoms with van der Waals surface area (Å²) in [5, 5.41) is 6.84. The maximum absolute atomic E-state index is 11.7. The highest BCUT2D eigenvalue weighted by Gasteiger charge is 2.09. The topological polar surface area (TPSA) is 64.2 Å². The van der Waals surface area contributed by atoms with Gasteiger partial charge in [-0.05, 0) is 48.5 Å². The van der Waals surface area contributed by atoms with E-state index >= 15 is 0 Å². The second-order valence-electron chi connectivity index (χ2n) is 4.39. The lowest BCUT2D eigenvalue weighted by molar-refractivity contribution is 0.0728. The van der Waals surface area contributed by atoms with E-state index in [1.807, 2.05) is 0 Å². The molecule has 0 aliphatic heterocycles. The van der Waals surface area contributed by atoms with Crippen molar-refractivity contribution in [3.8, 4) is 17.2 Å². The third-order valence-electron chi connectivity index (χ3n) is 2.79. The number of H-pyrrole nitrogens is 1. The van der Waals surface area contributed by atoms with Crippen LogP contribution in [0.4, 0.5) is 0 Å². The van der Waals surface area contributed by atoms with Crippen molar-refractivity contribution >= 4 is 17.6 Å². The molecule has 0 radical (unpaired) electrons. The van der Waals surface area contributed by atoms with Gasteiger partial charge in [-0.1, -0.05) is 17.7 Å². The molecule has 1 heterocycles. The molecule has 6 heteroatoms. The number of hydrogen-bond donors (Lipinski definition) is 1. The van der Waals surface area contributed by atoms with Gasteiger partial charge >= 0.3 is 5.97 Å². The van der Waals surface area contributed by atoms with Crippen molar-refractivity contribution in [3.63, 3.8) is 0 Å². The molecule has 1 aromatic heterocycles. The summed E-state index contributed by atoms with van der Waals surface area (Å²) < 4.78 is 10.8. The lowest BCUT2D eigenvalue weighted by atomic mass is 10.3. The third-order valence-corrected chi connectivity index (χ3v) is 3.02. The summed E-state index contributed by atoms with van der Waals surface area (Å²) in [7, 11) is 0. The van der Waals surface area contributed by atoms with Crippen molar-refractivity contribution in [1.82, 2.24) is 10.2 Å². The van der Waals surface area contributed by atoms with E-state index < -0.39 is 5.97 Å². The van der Waals surface area contributed by atoms with Gasteiger partial charge in [0.1, 0.15) is 22.9 Å². The van der Waals surface area contributed by atoms with Crippen LogP contribution in [0.25, 0.3) is 0 Å². The number of nitrogens with zero attached hydrogens (tertiary/aromatic N) is 1. The number of esters is 1. The molecule has 5 nitrogen and oxygen atoms in total. The molecule has 3 rings (SSSR count). The molecule has 0 aliphatic rings. The maximum atomic E-state index is 11.7. The number of halogens is 1. The predicted molar refractivity (Wildman–Crippen MR) is 81.5 cm³/mol. The number of nitrogens with one attached hydrogen (secondary N) is 1. The summed E-state index contributed by atoms with van der Waals surface area (Å²) in [5.41, 5.74) is 0.291. The molecule has 0 atom stereocenters. The first kappa shape index (κ1) is 14.2. The molecule has 1 N–H and O–H groups in total.